The number of allylic oxidation sites excluding steroid dienone is 3. The minimum Gasteiger partial charge on any atom is -0.756 e. The van der Waals surface area contributed by atoms with E-state index in [1.807, 2.05) is 27.2 Å². The number of nitrogens with one attached hydrogen (secondary N) is 1. The van der Waals surface area contributed by atoms with Crippen LogP contribution in [0.4, 0.5) is 0 Å². The van der Waals surface area contributed by atoms with E-state index in [2.05, 4.69) is 31.3 Å². The molecule has 9 heteroatoms. The van der Waals surface area contributed by atoms with Gasteiger partial charge in [0.15, 0.2) is 0 Å². The lowest BCUT2D eigenvalue weighted by atomic mass is 10.0. The molecule has 0 aliphatic rings. The number of hydrogen-bond donors (Lipinski definition) is 2. The van der Waals surface area contributed by atoms with E-state index in [9.17, 15) is 19.4 Å². The Morgan fingerprint density at radius 2 is 1.12 bits per heavy atom. The van der Waals surface area contributed by atoms with E-state index in [-0.39, 0.29) is 19.1 Å². The van der Waals surface area contributed by atoms with Gasteiger partial charge in [0, 0.05) is 6.42 Å². The molecule has 1 amide bonds. The summed E-state index contributed by atoms with van der Waals surface area (Å²) >= 11 is 0. The highest BCUT2D eigenvalue weighted by Crippen LogP contribution is 2.38. The highest BCUT2D eigenvalue weighted by Gasteiger charge is 2.23. The largest absolute Gasteiger partial charge is 0.756 e. The van der Waals surface area contributed by atoms with Gasteiger partial charge in [0.05, 0.1) is 39.9 Å². The Bertz CT molecular complexity index is 876. The zero-order valence-corrected chi connectivity index (χ0v) is 34.2. The normalized spacial score (nSPS) is 14.8. The first-order valence-electron chi connectivity index (χ1n) is 20.7. The Morgan fingerprint density at radius 3 is 1.62 bits per heavy atom. The van der Waals surface area contributed by atoms with Gasteiger partial charge < -0.3 is 28.8 Å². The number of quaternary nitrogens is 1. The first-order chi connectivity index (χ1) is 24.0. The van der Waals surface area contributed by atoms with Gasteiger partial charge in [-0.1, -0.05) is 167 Å². The number of aliphatic hydroxyl groups is 1. The molecule has 0 radical (unpaired) electrons. The van der Waals surface area contributed by atoms with E-state index < -0.39 is 20.0 Å². The lowest BCUT2D eigenvalue weighted by Crippen LogP contribution is -2.45. The van der Waals surface area contributed by atoms with Crippen molar-refractivity contribution < 1.29 is 32.9 Å². The zero-order valence-electron chi connectivity index (χ0n) is 33.4. The SMILES string of the molecule is CCCCCCCCCCC/C=C/CC/C=C/C(O)C(COP(=O)([O-])OCC[N+](C)(C)C)NC(=O)CCCCCCCCCCCCCCC. The number of hydrogen-bond acceptors (Lipinski definition) is 6. The molecule has 0 heterocycles. The minimum absolute atomic E-state index is 0.00451. The van der Waals surface area contributed by atoms with Gasteiger partial charge in [-0.3, -0.25) is 9.36 Å². The third kappa shape index (κ3) is 35.4. The monoisotopic (exact) mass is 729 g/mol. The number of rotatable bonds is 37. The second-order valence-electron chi connectivity index (χ2n) is 15.3. The van der Waals surface area contributed by atoms with Crippen molar-refractivity contribution in [3.8, 4) is 0 Å². The number of likely N-dealkylation sites (N-methyl/N-ethyl adjacent to an activating group) is 1. The summed E-state index contributed by atoms with van der Waals surface area (Å²) < 4.78 is 23.1. The van der Waals surface area contributed by atoms with Crippen LogP contribution in [0.15, 0.2) is 24.3 Å². The van der Waals surface area contributed by atoms with Crippen LogP contribution >= 0.6 is 7.82 Å². The molecule has 2 N–H and O–H groups in total. The maximum absolute atomic E-state index is 12.8. The number of carbonyl (C=O) groups is 1. The Hall–Kier alpha value is -1.02. The van der Waals surface area contributed by atoms with E-state index in [4.69, 9.17) is 9.05 Å². The van der Waals surface area contributed by atoms with Gasteiger partial charge in [-0.05, 0) is 32.1 Å². The maximum Gasteiger partial charge on any atom is 0.268 e. The number of amides is 1. The molecular formula is C41H81N2O6P. The molecule has 0 bridgehead atoms. The van der Waals surface area contributed by atoms with Crippen molar-refractivity contribution in [1.29, 1.82) is 0 Å². The van der Waals surface area contributed by atoms with Gasteiger partial charge in [-0.15, -0.1) is 0 Å². The van der Waals surface area contributed by atoms with Crippen molar-refractivity contribution in [2.45, 2.75) is 193 Å². The molecule has 0 saturated carbocycles. The quantitative estimate of drug-likeness (QED) is 0.0285. The molecular weight excluding hydrogens is 647 g/mol. The van der Waals surface area contributed by atoms with Crippen LogP contribution in [-0.2, 0) is 18.4 Å². The Morgan fingerprint density at radius 1 is 0.680 bits per heavy atom. The molecule has 0 aromatic rings. The summed E-state index contributed by atoms with van der Waals surface area (Å²) in [4.78, 5) is 25.2. The third-order valence-electron chi connectivity index (χ3n) is 9.16. The van der Waals surface area contributed by atoms with Gasteiger partial charge in [0.1, 0.15) is 13.2 Å². The van der Waals surface area contributed by atoms with Crippen molar-refractivity contribution in [3.05, 3.63) is 24.3 Å². The summed E-state index contributed by atoms with van der Waals surface area (Å²) in [5.41, 5.74) is 0. The number of phosphoric ester groups is 1. The Labute approximate surface area is 309 Å². The molecule has 3 unspecified atom stereocenters. The number of phosphoric acid groups is 1. The molecule has 0 aromatic heterocycles. The number of aliphatic hydroxyl groups excluding tert-OH is 1. The number of nitrogens with zero attached hydrogens (tertiary/aromatic N) is 1. The number of unbranched alkanes of at least 4 members (excludes halogenated alkanes) is 22. The fraction of sp³-hybridized carbons (Fsp3) is 0.878. The van der Waals surface area contributed by atoms with Crippen LogP contribution in [-0.4, -0.2) is 68.5 Å². The average molecular weight is 729 g/mol. The first kappa shape index (κ1) is 49.0. The van der Waals surface area contributed by atoms with E-state index >= 15 is 0 Å². The standard InChI is InChI=1S/C41H81N2O6P/c1-6-8-10-12-14-16-18-20-21-23-24-26-28-30-32-34-40(44)39(38-49-50(46,47)48-37-36-43(3,4)5)42-41(45)35-33-31-29-27-25-22-19-17-15-13-11-9-7-2/h24,26,32,34,39-40,44H,6-23,25,27-31,33,35-38H2,1-5H3,(H-,42,45,46,47)/b26-24+,34-32+. The molecule has 0 spiro atoms. The van der Waals surface area contributed by atoms with Crippen LogP contribution in [0.3, 0.4) is 0 Å². The van der Waals surface area contributed by atoms with E-state index in [1.165, 1.54) is 122 Å². The predicted molar refractivity (Wildman–Crippen MR) is 210 cm³/mol. The number of carbonyl (C=O) groups excluding carboxylic acids is 1. The van der Waals surface area contributed by atoms with Gasteiger partial charge in [-0.25, -0.2) is 0 Å². The van der Waals surface area contributed by atoms with Crippen LogP contribution < -0.4 is 10.2 Å². The van der Waals surface area contributed by atoms with Crippen molar-refractivity contribution in [2.75, 3.05) is 40.9 Å². The maximum atomic E-state index is 12.8. The van der Waals surface area contributed by atoms with Crippen molar-refractivity contribution in [3.63, 3.8) is 0 Å². The summed E-state index contributed by atoms with van der Waals surface area (Å²) in [6.45, 7) is 4.61. The van der Waals surface area contributed by atoms with Crippen LogP contribution in [0.5, 0.6) is 0 Å². The summed E-state index contributed by atoms with van der Waals surface area (Å²) in [5.74, 6) is -0.208. The van der Waals surface area contributed by atoms with Crippen LogP contribution in [0.2, 0.25) is 0 Å². The molecule has 0 saturated heterocycles. The van der Waals surface area contributed by atoms with Crippen molar-refractivity contribution in [1.82, 2.24) is 5.32 Å². The second-order valence-corrected chi connectivity index (χ2v) is 16.8. The van der Waals surface area contributed by atoms with Crippen LogP contribution in [0.25, 0.3) is 0 Å². The molecule has 8 nitrogen and oxygen atoms in total. The van der Waals surface area contributed by atoms with E-state index in [1.54, 1.807) is 6.08 Å². The molecule has 0 aromatic carbocycles. The molecule has 3 atom stereocenters. The third-order valence-corrected chi connectivity index (χ3v) is 10.1. The van der Waals surface area contributed by atoms with Crippen LogP contribution in [0, 0.1) is 0 Å². The zero-order chi connectivity index (χ0) is 37.2. The molecule has 296 valence electrons. The smallest absolute Gasteiger partial charge is 0.268 e. The van der Waals surface area contributed by atoms with Gasteiger partial charge in [0.2, 0.25) is 5.91 Å². The van der Waals surface area contributed by atoms with Crippen LogP contribution in [0.1, 0.15) is 181 Å². The fourth-order valence-electron chi connectivity index (χ4n) is 5.81. The van der Waals surface area contributed by atoms with Crippen molar-refractivity contribution in [2.24, 2.45) is 0 Å². The average Bonchev–Trinajstić information content (AvgIpc) is 3.06. The Kier molecular flexibility index (Phi) is 33.1. The molecule has 0 aliphatic heterocycles. The Balaban J connectivity index is 4.53. The lowest BCUT2D eigenvalue weighted by Gasteiger charge is -2.29. The molecule has 0 fully saturated rings. The highest BCUT2D eigenvalue weighted by atomic mass is 31.2. The summed E-state index contributed by atoms with van der Waals surface area (Å²) in [6, 6.07) is -0.896. The second kappa shape index (κ2) is 33.8. The molecule has 50 heavy (non-hydrogen) atoms. The summed E-state index contributed by atoms with van der Waals surface area (Å²) in [6.07, 6.45) is 37.9. The fourth-order valence-corrected chi connectivity index (χ4v) is 6.54. The first-order valence-corrected chi connectivity index (χ1v) is 22.2. The predicted octanol–water partition coefficient (Wildman–Crippen LogP) is 10.3. The van der Waals surface area contributed by atoms with Gasteiger partial charge in [0.25, 0.3) is 7.82 Å². The molecule has 0 aliphatic carbocycles. The van der Waals surface area contributed by atoms with Crippen molar-refractivity contribution >= 4 is 13.7 Å². The summed E-state index contributed by atoms with van der Waals surface area (Å²) in [7, 11) is 1.25. The minimum atomic E-state index is -4.59. The van der Waals surface area contributed by atoms with E-state index in [0.29, 0.717) is 17.4 Å². The van der Waals surface area contributed by atoms with Gasteiger partial charge >= 0.3 is 0 Å². The lowest BCUT2D eigenvalue weighted by molar-refractivity contribution is -0.870. The van der Waals surface area contributed by atoms with Gasteiger partial charge in [-0.2, -0.15) is 0 Å². The van der Waals surface area contributed by atoms with E-state index in [0.717, 1.165) is 38.5 Å². The topological polar surface area (TPSA) is 108 Å². The highest BCUT2D eigenvalue weighted by molar-refractivity contribution is 7.45. The molecule has 0 rings (SSSR count). The summed E-state index contributed by atoms with van der Waals surface area (Å²) in [5, 5.41) is 13.7.